The minimum Gasteiger partial charge on any atom is -0.480 e. The first-order valence-electron chi connectivity index (χ1n) is 9.34. The van der Waals surface area contributed by atoms with Gasteiger partial charge in [0.15, 0.2) is 0 Å². The third-order valence-electron chi connectivity index (χ3n) is 5.20. The number of carboxylic acids is 1. The maximum absolute atomic E-state index is 13.2. The molecule has 7 nitrogen and oxygen atoms in total. The van der Waals surface area contributed by atoms with Crippen LogP contribution < -0.4 is 5.32 Å². The van der Waals surface area contributed by atoms with Gasteiger partial charge < -0.3 is 20.1 Å². The number of hydrogen-bond acceptors (Lipinski definition) is 4. The van der Waals surface area contributed by atoms with E-state index in [0.29, 0.717) is 6.54 Å². The lowest BCUT2D eigenvalue weighted by atomic mass is 9.85. The number of hydrogen-bond donors (Lipinski definition) is 2. The predicted molar refractivity (Wildman–Crippen MR) is 96.6 cm³/mol. The van der Waals surface area contributed by atoms with E-state index in [1.54, 1.807) is 20.8 Å². The van der Waals surface area contributed by atoms with E-state index >= 15 is 0 Å². The summed E-state index contributed by atoms with van der Waals surface area (Å²) in [4.78, 5) is 38.8. The molecule has 1 saturated carbocycles. The number of rotatable bonds is 3. The molecule has 1 heterocycles. The Morgan fingerprint density at radius 3 is 2.23 bits per heavy atom. The quantitative estimate of drug-likeness (QED) is 0.798. The number of alkyl carbamates (subject to hydrolysis) is 1. The Morgan fingerprint density at radius 2 is 1.73 bits per heavy atom. The topological polar surface area (TPSA) is 95.9 Å². The molecule has 0 aromatic heterocycles. The highest BCUT2D eigenvalue weighted by molar-refractivity contribution is 5.90. The van der Waals surface area contributed by atoms with Crippen molar-refractivity contribution < 1.29 is 24.2 Å². The van der Waals surface area contributed by atoms with E-state index in [9.17, 15) is 19.5 Å². The Balaban J connectivity index is 2.21. The van der Waals surface area contributed by atoms with Gasteiger partial charge in [0.2, 0.25) is 5.91 Å². The van der Waals surface area contributed by atoms with Gasteiger partial charge in [-0.1, -0.05) is 27.2 Å². The van der Waals surface area contributed by atoms with E-state index in [2.05, 4.69) is 5.32 Å². The molecule has 1 aliphatic carbocycles. The van der Waals surface area contributed by atoms with Crippen LogP contribution in [0.1, 0.15) is 60.8 Å². The minimum atomic E-state index is -0.960. The maximum Gasteiger partial charge on any atom is 0.408 e. The standard InChI is InChI=1S/C19H32N2O5/c1-18(2,3)14(20-17(25)26-19(4,5)6)15(22)21-10-11-8-7-9-12(11)13(21)16(23)24/h11-14H,7-10H2,1-6H3,(H,20,25)(H,23,24)/t11-,12?,13-,14+/m0/s1. The van der Waals surface area contributed by atoms with Gasteiger partial charge in [0, 0.05) is 6.54 Å². The fourth-order valence-electron chi connectivity index (χ4n) is 4.09. The number of likely N-dealkylation sites (tertiary alicyclic amines) is 1. The molecule has 148 valence electrons. The van der Waals surface area contributed by atoms with E-state index in [4.69, 9.17) is 4.74 Å². The van der Waals surface area contributed by atoms with Crippen LogP contribution in [0.3, 0.4) is 0 Å². The van der Waals surface area contributed by atoms with Crippen LogP contribution in [0.15, 0.2) is 0 Å². The second-order valence-corrected chi connectivity index (χ2v) is 9.57. The van der Waals surface area contributed by atoms with Crippen molar-refractivity contribution in [3.05, 3.63) is 0 Å². The number of carbonyl (C=O) groups is 3. The van der Waals surface area contributed by atoms with Gasteiger partial charge in [-0.05, 0) is 50.9 Å². The molecule has 0 radical (unpaired) electrons. The number of carbonyl (C=O) groups excluding carboxylic acids is 2. The molecule has 0 aromatic carbocycles. The molecule has 2 aliphatic rings. The van der Waals surface area contributed by atoms with Crippen molar-refractivity contribution in [3.63, 3.8) is 0 Å². The Hall–Kier alpha value is -1.79. The van der Waals surface area contributed by atoms with Gasteiger partial charge in [-0.3, -0.25) is 4.79 Å². The number of ether oxygens (including phenoxy) is 1. The van der Waals surface area contributed by atoms with Crippen molar-refractivity contribution in [2.75, 3.05) is 6.54 Å². The van der Waals surface area contributed by atoms with Crippen LogP contribution >= 0.6 is 0 Å². The van der Waals surface area contributed by atoms with Gasteiger partial charge in [0.25, 0.3) is 0 Å². The van der Waals surface area contributed by atoms with Crippen molar-refractivity contribution in [2.24, 2.45) is 17.3 Å². The van der Waals surface area contributed by atoms with E-state index in [1.165, 1.54) is 4.90 Å². The normalized spacial score (nSPS) is 27.0. The highest BCUT2D eigenvalue weighted by Crippen LogP contribution is 2.43. The minimum absolute atomic E-state index is 0.0126. The summed E-state index contributed by atoms with van der Waals surface area (Å²) < 4.78 is 5.29. The zero-order chi connectivity index (χ0) is 19.9. The first-order valence-corrected chi connectivity index (χ1v) is 9.34. The van der Waals surface area contributed by atoms with Crippen molar-refractivity contribution in [3.8, 4) is 0 Å². The molecule has 4 atom stereocenters. The Bertz CT molecular complexity index is 575. The number of aliphatic carboxylic acids is 1. The van der Waals surface area contributed by atoms with Crippen LogP contribution in [-0.4, -0.2) is 52.2 Å². The molecule has 0 aromatic rings. The molecule has 0 bridgehead atoms. The molecule has 1 saturated heterocycles. The monoisotopic (exact) mass is 368 g/mol. The molecule has 26 heavy (non-hydrogen) atoms. The number of nitrogens with zero attached hydrogens (tertiary/aromatic N) is 1. The van der Waals surface area contributed by atoms with Gasteiger partial charge in [-0.25, -0.2) is 9.59 Å². The van der Waals surface area contributed by atoms with Crippen molar-refractivity contribution in [2.45, 2.75) is 78.5 Å². The van der Waals surface area contributed by atoms with Crippen molar-refractivity contribution in [1.82, 2.24) is 10.2 Å². The predicted octanol–water partition coefficient (Wildman–Crippen LogP) is 2.64. The number of nitrogens with one attached hydrogen (secondary N) is 1. The second kappa shape index (κ2) is 7.08. The fraction of sp³-hybridized carbons (Fsp3) is 0.842. The molecular formula is C19H32N2O5. The van der Waals surface area contributed by atoms with E-state index in [0.717, 1.165) is 19.3 Å². The van der Waals surface area contributed by atoms with Gasteiger partial charge in [0.1, 0.15) is 17.7 Å². The van der Waals surface area contributed by atoms with E-state index in [-0.39, 0.29) is 17.7 Å². The van der Waals surface area contributed by atoms with Gasteiger partial charge in [0.05, 0.1) is 0 Å². The Labute approximate surface area is 155 Å². The summed E-state index contributed by atoms with van der Waals surface area (Å²) in [6, 6.07) is -1.65. The molecule has 2 amide bonds. The first-order chi connectivity index (χ1) is 11.8. The Morgan fingerprint density at radius 1 is 1.12 bits per heavy atom. The third kappa shape index (κ3) is 4.48. The zero-order valence-corrected chi connectivity index (χ0v) is 16.7. The SMILES string of the molecule is CC(C)(C)OC(=O)N[C@H](C(=O)N1C[C@@H]2CCCC2[C@H]1C(=O)O)C(C)(C)C. The summed E-state index contributed by atoms with van der Waals surface area (Å²) in [6.07, 6.45) is 2.14. The third-order valence-corrected chi connectivity index (χ3v) is 5.20. The molecular weight excluding hydrogens is 336 g/mol. The highest BCUT2D eigenvalue weighted by Gasteiger charge is 2.51. The average molecular weight is 368 g/mol. The average Bonchev–Trinajstić information content (AvgIpc) is 3.00. The maximum atomic E-state index is 13.2. The largest absolute Gasteiger partial charge is 0.480 e. The summed E-state index contributed by atoms with van der Waals surface area (Å²) in [5.41, 5.74) is -1.25. The number of carboxylic acid groups (broad SMARTS) is 1. The molecule has 1 unspecified atom stereocenters. The lowest BCUT2D eigenvalue weighted by molar-refractivity contribution is -0.151. The molecule has 1 aliphatic heterocycles. The van der Waals surface area contributed by atoms with E-state index < -0.39 is 35.2 Å². The van der Waals surface area contributed by atoms with Crippen molar-refractivity contribution >= 4 is 18.0 Å². The van der Waals surface area contributed by atoms with Gasteiger partial charge in [-0.2, -0.15) is 0 Å². The molecule has 7 heteroatoms. The molecule has 2 N–H and O–H groups in total. The molecule has 0 spiro atoms. The lowest BCUT2D eigenvalue weighted by Crippen LogP contribution is -2.57. The summed E-state index contributed by atoms with van der Waals surface area (Å²) in [5.74, 6) is -1.05. The summed E-state index contributed by atoms with van der Waals surface area (Å²) in [5, 5.41) is 12.4. The van der Waals surface area contributed by atoms with Crippen LogP contribution in [0.4, 0.5) is 4.79 Å². The van der Waals surface area contributed by atoms with Crippen LogP contribution in [0.5, 0.6) is 0 Å². The number of fused-ring (bicyclic) bond motifs is 1. The second-order valence-electron chi connectivity index (χ2n) is 9.57. The van der Waals surface area contributed by atoms with Crippen molar-refractivity contribution in [1.29, 1.82) is 0 Å². The van der Waals surface area contributed by atoms with Gasteiger partial charge >= 0.3 is 12.1 Å². The summed E-state index contributed by atoms with van der Waals surface area (Å²) in [6.45, 7) is 11.2. The fourth-order valence-corrected chi connectivity index (χ4v) is 4.09. The van der Waals surface area contributed by atoms with Crippen LogP contribution in [0.25, 0.3) is 0 Å². The molecule has 2 rings (SSSR count). The van der Waals surface area contributed by atoms with Crippen LogP contribution in [0, 0.1) is 17.3 Å². The first kappa shape index (κ1) is 20.5. The van der Waals surface area contributed by atoms with E-state index in [1.807, 2.05) is 20.8 Å². The van der Waals surface area contributed by atoms with Crippen LogP contribution in [-0.2, 0) is 14.3 Å². The van der Waals surface area contributed by atoms with Gasteiger partial charge in [-0.15, -0.1) is 0 Å². The summed E-state index contributed by atoms with van der Waals surface area (Å²) in [7, 11) is 0. The Kier molecular flexibility index (Phi) is 5.59. The molecule has 2 fully saturated rings. The highest BCUT2D eigenvalue weighted by atomic mass is 16.6. The zero-order valence-electron chi connectivity index (χ0n) is 16.7. The number of amides is 2. The smallest absolute Gasteiger partial charge is 0.408 e. The van der Waals surface area contributed by atoms with Crippen LogP contribution in [0.2, 0.25) is 0 Å². The lowest BCUT2D eigenvalue weighted by Gasteiger charge is -2.35. The summed E-state index contributed by atoms with van der Waals surface area (Å²) >= 11 is 0.